The lowest BCUT2D eigenvalue weighted by atomic mass is 9.76. The number of nitrogens with one attached hydrogen (secondary N) is 3. The standard InChI is InChI=1S/C17H23F2N3S2/c1-11-8-13(10-17(2,3)9-11)21-22-16(23)20-12-4-6-14(7-5-12)24-15(18)19/h4-7,10-11,15,21H,8-9H2,1-3H3,(H2,20,22,23)/t11-/m0/s1. The van der Waals surface area contributed by atoms with Crippen LogP contribution in [0.4, 0.5) is 14.5 Å². The fourth-order valence-electron chi connectivity index (χ4n) is 3.04. The van der Waals surface area contributed by atoms with E-state index >= 15 is 0 Å². The van der Waals surface area contributed by atoms with E-state index in [9.17, 15) is 8.78 Å². The SMILES string of the molecule is C[C@H]1CC(NNC(=S)Nc2ccc(SC(F)F)cc2)=CC(C)(C)C1. The molecule has 0 unspecified atom stereocenters. The summed E-state index contributed by atoms with van der Waals surface area (Å²) in [6.45, 7) is 6.69. The molecular formula is C17H23F2N3S2. The lowest BCUT2D eigenvalue weighted by molar-refractivity contribution is 0.252. The van der Waals surface area contributed by atoms with Gasteiger partial charge in [-0.25, -0.2) is 0 Å². The summed E-state index contributed by atoms with van der Waals surface area (Å²) in [5.74, 6) is -1.79. The van der Waals surface area contributed by atoms with Gasteiger partial charge in [0.2, 0.25) is 0 Å². The molecular weight excluding hydrogens is 348 g/mol. The number of thiocarbonyl (C=S) groups is 1. The van der Waals surface area contributed by atoms with E-state index in [0.717, 1.165) is 17.8 Å². The first-order valence-electron chi connectivity index (χ1n) is 7.83. The van der Waals surface area contributed by atoms with Crippen LogP contribution in [0.25, 0.3) is 0 Å². The van der Waals surface area contributed by atoms with E-state index in [-0.39, 0.29) is 5.41 Å². The Morgan fingerprint density at radius 1 is 1.29 bits per heavy atom. The largest absolute Gasteiger partial charge is 0.331 e. The molecule has 0 saturated heterocycles. The summed E-state index contributed by atoms with van der Waals surface area (Å²) in [5.41, 5.74) is 8.21. The fourth-order valence-corrected chi connectivity index (χ4v) is 3.71. The van der Waals surface area contributed by atoms with E-state index in [2.05, 4.69) is 43.0 Å². The monoisotopic (exact) mass is 371 g/mol. The van der Waals surface area contributed by atoms with Crippen molar-refractivity contribution in [3.63, 3.8) is 0 Å². The molecule has 24 heavy (non-hydrogen) atoms. The number of alkyl halides is 2. The molecule has 3 nitrogen and oxygen atoms in total. The highest BCUT2D eigenvalue weighted by atomic mass is 32.2. The summed E-state index contributed by atoms with van der Waals surface area (Å²) in [7, 11) is 0. The van der Waals surface area contributed by atoms with Crippen LogP contribution in [-0.2, 0) is 0 Å². The summed E-state index contributed by atoms with van der Waals surface area (Å²) in [6, 6.07) is 6.74. The number of hydrogen-bond donors (Lipinski definition) is 3. The summed E-state index contributed by atoms with van der Waals surface area (Å²) >= 11 is 5.78. The van der Waals surface area contributed by atoms with E-state index in [4.69, 9.17) is 12.2 Å². The summed E-state index contributed by atoms with van der Waals surface area (Å²) in [6.07, 6.45) is 4.39. The predicted molar refractivity (Wildman–Crippen MR) is 101 cm³/mol. The van der Waals surface area contributed by atoms with Crippen LogP contribution in [0.5, 0.6) is 0 Å². The molecule has 0 aromatic heterocycles. The molecule has 7 heteroatoms. The fraction of sp³-hybridized carbons (Fsp3) is 0.471. The Morgan fingerprint density at radius 3 is 2.54 bits per heavy atom. The second-order valence-electron chi connectivity index (χ2n) is 6.78. The number of allylic oxidation sites excluding steroid dienone is 2. The van der Waals surface area contributed by atoms with Crippen molar-refractivity contribution in [3.05, 3.63) is 36.0 Å². The Labute approximate surface area is 151 Å². The number of anilines is 1. The smallest absolute Gasteiger partial charge is 0.288 e. The molecule has 1 aromatic rings. The number of rotatable bonds is 5. The van der Waals surface area contributed by atoms with E-state index in [1.54, 1.807) is 24.3 Å². The third-order valence-electron chi connectivity index (χ3n) is 3.68. The van der Waals surface area contributed by atoms with Crippen LogP contribution in [0.2, 0.25) is 0 Å². The lowest BCUT2D eigenvalue weighted by Gasteiger charge is -2.32. The number of hydrazine groups is 1. The summed E-state index contributed by atoms with van der Waals surface area (Å²) in [5, 5.41) is 3.46. The molecule has 0 spiro atoms. The van der Waals surface area contributed by atoms with Gasteiger partial charge in [-0.2, -0.15) is 8.78 Å². The number of benzene rings is 1. The molecule has 132 valence electrons. The van der Waals surface area contributed by atoms with Gasteiger partial charge in [0.05, 0.1) is 0 Å². The summed E-state index contributed by atoms with van der Waals surface area (Å²) in [4.78, 5) is 0.524. The molecule has 0 saturated carbocycles. The Balaban J connectivity index is 1.84. The molecule has 0 bridgehead atoms. The second-order valence-corrected chi connectivity index (χ2v) is 8.25. The minimum absolute atomic E-state index is 0.176. The second kappa shape index (κ2) is 8.16. The van der Waals surface area contributed by atoms with E-state index in [0.29, 0.717) is 27.7 Å². The molecule has 0 amide bonds. The van der Waals surface area contributed by atoms with Crippen molar-refractivity contribution in [2.24, 2.45) is 11.3 Å². The van der Waals surface area contributed by atoms with Crippen molar-refractivity contribution in [2.45, 2.75) is 44.3 Å². The van der Waals surface area contributed by atoms with Gasteiger partial charge in [-0.3, -0.25) is 5.43 Å². The van der Waals surface area contributed by atoms with Gasteiger partial charge in [0.1, 0.15) is 0 Å². The van der Waals surface area contributed by atoms with Crippen LogP contribution >= 0.6 is 24.0 Å². The molecule has 0 fully saturated rings. The van der Waals surface area contributed by atoms with Crippen molar-refractivity contribution < 1.29 is 8.78 Å². The highest BCUT2D eigenvalue weighted by Gasteiger charge is 2.25. The quantitative estimate of drug-likeness (QED) is 0.380. The molecule has 1 aromatic carbocycles. The van der Waals surface area contributed by atoms with Gasteiger partial charge in [0.15, 0.2) is 5.11 Å². The molecule has 1 aliphatic rings. The van der Waals surface area contributed by atoms with Gasteiger partial charge in [0, 0.05) is 16.3 Å². The number of halogens is 2. The van der Waals surface area contributed by atoms with Gasteiger partial charge < -0.3 is 10.7 Å². The van der Waals surface area contributed by atoms with Crippen LogP contribution in [0.15, 0.2) is 40.9 Å². The van der Waals surface area contributed by atoms with Crippen LogP contribution in [-0.4, -0.2) is 10.9 Å². The first-order chi connectivity index (χ1) is 11.2. The molecule has 0 aliphatic heterocycles. The zero-order valence-electron chi connectivity index (χ0n) is 14.0. The zero-order valence-corrected chi connectivity index (χ0v) is 15.7. The van der Waals surface area contributed by atoms with E-state index < -0.39 is 5.76 Å². The van der Waals surface area contributed by atoms with Gasteiger partial charge >= 0.3 is 0 Å². The molecule has 1 aliphatic carbocycles. The third-order valence-corrected chi connectivity index (χ3v) is 4.61. The summed E-state index contributed by atoms with van der Waals surface area (Å²) < 4.78 is 24.6. The van der Waals surface area contributed by atoms with Crippen LogP contribution in [0.3, 0.4) is 0 Å². The molecule has 3 N–H and O–H groups in total. The van der Waals surface area contributed by atoms with Gasteiger partial charge in [0.25, 0.3) is 5.76 Å². The van der Waals surface area contributed by atoms with Gasteiger partial charge in [-0.15, -0.1) is 0 Å². The van der Waals surface area contributed by atoms with Crippen LogP contribution in [0.1, 0.15) is 33.6 Å². The van der Waals surface area contributed by atoms with Crippen LogP contribution in [0, 0.1) is 11.3 Å². The Hall–Kier alpha value is -1.34. The minimum Gasteiger partial charge on any atom is -0.331 e. The van der Waals surface area contributed by atoms with Crippen molar-refractivity contribution in [1.29, 1.82) is 0 Å². The van der Waals surface area contributed by atoms with Crippen molar-refractivity contribution >= 4 is 34.8 Å². The third kappa shape index (κ3) is 6.28. The predicted octanol–water partition coefficient (Wildman–Crippen LogP) is 5.13. The molecule has 2 rings (SSSR count). The average molecular weight is 372 g/mol. The minimum atomic E-state index is -2.41. The maximum Gasteiger partial charge on any atom is 0.288 e. The average Bonchev–Trinajstić information content (AvgIpc) is 2.45. The maximum absolute atomic E-state index is 12.3. The Bertz CT molecular complexity index is 600. The first kappa shape index (κ1) is 19.0. The maximum atomic E-state index is 12.3. The van der Waals surface area contributed by atoms with E-state index in [1.807, 2.05) is 0 Å². The van der Waals surface area contributed by atoms with Crippen molar-refractivity contribution in [3.8, 4) is 0 Å². The highest BCUT2D eigenvalue weighted by Crippen LogP contribution is 2.35. The number of thioether (sulfide) groups is 1. The van der Waals surface area contributed by atoms with E-state index in [1.165, 1.54) is 6.42 Å². The molecule has 1 atom stereocenters. The first-order valence-corrected chi connectivity index (χ1v) is 9.12. The van der Waals surface area contributed by atoms with Crippen LogP contribution < -0.4 is 16.2 Å². The normalized spacial score (nSPS) is 19.6. The molecule has 0 radical (unpaired) electrons. The molecule has 0 heterocycles. The zero-order chi connectivity index (χ0) is 17.7. The Morgan fingerprint density at radius 2 is 1.96 bits per heavy atom. The highest BCUT2D eigenvalue weighted by molar-refractivity contribution is 7.99. The van der Waals surface area contributed by atoms with Gasteiger partial charge in [-0.1, -0.05) is 38.6 Å². The van der Waals surface area contributed by atoms with Crippen molar-refractivity contribution in [1.82, 2.24) is 10.9 Å². The number of hydrogen-bond acceptors (Lipinski definition) is 3. The topological polar surface area (TPSA) is 36.1 Å². The van der Waals surface area contributed by atoms with Crippen molar-refractivity contribution in [2.75, 3.05) is 5.32 Å². The van der Waals surface area contributed by atoms with Gasteiger partial charge in [-0.05, 0) is 60.7 Å². The Kier molecular flexibility index (Phi) is 6.46. The lowest BCUT2D eigenvalue weighted by Crippen LogP contribution is -2.41.